The lowest BCUT2D eigenvalue weighted by molar-refractivity contribution is -0.147. The number of nitrogens with one attached hydrogen (secondary N) is 2. The molecule has 1 aromatic carbocycles. The monoisotopic (exact) mass is 390 g/mol. The van der Waals surface area contributed by atoms with E-state index in [-0.39, 0.29) is 18.4 Å². The zero-order chi connectivity index (χ0) is 20.6. The SMILES string of the molecule is COC(=O)[C@@H](NC(=O)C1(NC(=O)OCc2ccccc2)CCCCC1)C(C)C. The van der Waals surface area contributed by atoms with Gasteiger partial charge in [-0.2, -0.15) is 0 Å². The van der Waals surface area contributed by atoms with Crippen molar-refractivity contribution in [2.24, 2.45) is 5.92 Å². The summed E-state index contributed by atoms with van der Waals surface area (Å²) in [5.74, 6) is -1.00. The smallest absolute Gasteiger partial charge is 0.408 e. The third kappa shape index (κ3) is 5.71. The number of ether oxygens (including phenoxy) is 2. The summed E-state index contributed by atoms with van der Waals surface area (Å²) in [5, 5.41) is 5.55. The Kier molecular flexibility index (Phi) is 7.84. The van der Waals surface area contributed by atoms with Crippen molar-refractivity contribution in [1.82, 2.24) is 10.6 Å². The lowest BCUT2D eigenvalue weighted by Gasteiger charge is -2.37. The predicted octanol–water partition coefficient (Wildman–Crippen LogP) is 2.93. The van der Waals surface area contributed by atoms with Crippen LogP contribution in [0.25, 0.3) is 0 Å². The summed E-state index contributed by atoms with van der Waals surface area (Å²) < 4.78 is 10.1. The molecule has 1 aromatic rings. The number of benzene rings is 1. The molecule has 2 amide bonds. The fourth-order valence-corrected chi connectivity index (χ4v) is 3.42. The first kappa shape index (κ1) is 21.7. The van der Waals surface area contributed by atoms with Gasteiger partial charge in [0.15, 0.2) is 0 Å². The van der Waals surface area contributed by atoms with E-state index in [1.165, 1.54) is 7.11 Å². The molecule has 28 heavy (non-hydrogen) atoms. The van der Waals surface area contributed by atoms with Crippen molar-refractivity contribution in [2.45, 2.75) is 64.1 Å². The Labute approximate surface area is 166 Å². The van der Waals surface area contributed by atoms with E-state index in [4.69, 9.17) is 9.47 Å². The number of rotatable bonds is 7. The van der Waals surface area contributed by atoms with Gasteiger partial charge in [0.2, 0.25) is 5.91 Å². The van der Waals surface area contributed by atoms with Gasteiger partial charge in [-0.15, -0.1) is 0 Å². The lowest BCUT2D eigenvalue weighted by Crippen LogP contribution is -2.62. The molecule has 1 atom stereocenters. The van der Waals surface area contributed by atoms with Gasteiger partial charge in [0, 0.05) is 0 Å². The zero-order valence-corrected chi connectivity index (χ0v) is 16.8. The second-order valence-corrected chi connectivity index (χ2v) is 7.55. The Hall–Kier alpha value is -2.57. The highest BCUT2D eigenvalue weighted by atomic mass is 16.5. The van der Waals surface area contributed by atoms with Crippen LogP contribution in [-0.4, -0.2) is 36.7 Å². The first-order valence-electron chi connectivity index (χ1n) is 9.75. The minimum Gasteiger partial charge on any atom is -0.467 e. The van der Waals surface area contributed by atoms with E-state index in [0.717, 1.165) is 24.8 Å². The maximum Gasteiger partial charge on any atom is 0.408 e. The largest absolute Gasteiger partial charge is 0.467 e. The third-order valence-electron chi connectivity index (χ3n) is 5.10. The summed E-state index contributed by atoms with van der Waals surface area (Å²) in [6, 6.07) is 8.58. The Balaban J connectivity index is 2.06. The minimum absolute atomic E-state index is 0.126. The number of alkyl carbamates (subject to hydrolysis) is 1. The summed E-state index contributed by atoms with van der Waals surface area (Å²) in [6.07, 6.45) is 3.00. The van der Waals surface area contributed by atoms with Gasteiger partial charge in [0.1, 0.15) is 18.2 Å². The van der Waals surface area contributed by atoms with E-state index in [2.05, 4.69) is 10.6 Å². The minimum atomic E-state index is -1.08. The Morgan fingerprint density at radius 1 is 1.07 bits per heavy atom. The fourth-order valence-electron chi connectivity index (χ4n) is 3.42. The molecule has 0 bridgehead atoms. The molecule has 154 valence electrons. The molecule has 1 fully saturated rings. The first-order valence-corrected chi connectivity index (χ1v) is 9.75. The average molecular weight is 390 g/mol. The summed E-state index contributed by atoms with van der Waals surface area (Å²) in [7, 11) is 1.29. The molecule has 0 unspecified atom stereocenters. The average Bonchev–Trinajstić information content (AvgIpc) is 2.71. The summed E-state index contributed by atoms with van der Waals surface area (Å²) in [5.41, 5.74) is -0.210. The molecule has 0 aromatic heterocycles. The Morgan fingerprint density at radius 3 is 2.29 bits per heavy atom. The molecular weight excluding hydrogens is 360 g/mol. The van der Waals surface area contributed by atoms with E-state index in [9.17, 15) is 14.4 Å². The quantitative estimate of drug-likeness (QED) is 0.698. The van der Waals surface area contributed by atoms with E-state index in [0.29, 0.717) is 12.8 Å². The van der Waals surface area contributed by atoms with Gasteiger partial charge >= 0.3 is 12.1 Å². The van der Waals surface area contributed by atoms with Crippen molar-refractivity contribution in [3.63, 3.8) is 0 Å². The van der Waals surface area contributed by atoms with Crippen LogP contribution in [0.1, 0.15) is 51.5 Å². The molecular formula is C21H30N2O5. The molecule has 1 saturated carbocycles. The molecule has 0 heterocycles. The van der Waals surface area contributed by atoms with Gasteiger partial charge in [0.25, 0.3) is 0 Å². The Morgan fingerprint density at radius 2 is 1.71 bits per heavy atom. The maximum absolute atomic E-state index is 13.1. The van der Waals surface area contributed by atoms with Crippen molar-refractivity contribution in [2.75, 3.05) is 7.11 Å². The number of hydrogen-bond acceptors (Lipinski definition) is 5. The molecule has 0 spiro atoms. The number of methoxy groups -OCH3 is 1. The first-order chi connectivity index (χ1) is 13.4. The number of carbonyl (C=O) groups is 3. The highest BCUT2D eigenvalue weighted by Crippen LogP contribution is 2.29. The number of carbonyl (C=O) groups excluding carboxylic acids is 3. The van der Waals surface area contributed by atoms with E-state index < -0.39 is 23.6 Å². The fraction of sp³-hybridized carbons (Fsp3) is 0.571. The third-order valence-corrected chi connectivity index (χ3v) is 5.10. The number of hydrogen-bond donors (Lipinski definition) is 2. The van der Waals surface area contributed by atoms with Crippen molar-refractivity contribution in [1.29, 1.82) is 0 Å². The zero-order valence-electron chi connectivity index (χ0n) is 16.8. The van der Waals surface area contributed by atoms with Gasteiger partial charge in [-0.05, 0) is 24.3 Å². The normalized spacial score (nSPS) is 16.7. The molecule has 0 radical (unpaired) electrons. The molecule has 7 heteroatoms. The molecule has 7 nitrogen and oxygen atoms in total. The summed E-state index contributed by atoms with van der Waals surface area (Å²) >= 11 is 0. The molecule has 0 aliphatic heterocycles. The van der Waals surface area contributed by atoms with Crippen LogP contribution < -0.4 is 10.6 Å². The van der Waals surface area contributed by atoms with Gasteiger partial charge in [-0.1, -0.05) is 63.4 Å². The van der Waals surface area contributed by atoms with Gasteiger partial charge in [-0.3, -0.25) is 4.79 Å². The summed E-state index contributed by atoms with van der Waals surface area (Å²) in [4.78, 5) is 37.5. The predicted molar refractivity (Wildman–Crippen MR) is 104 cm³/mol. The second kappa shape index (κ2) is 10.1. The van der Waals surface area contributed by atoms with Crippen LogP contribution in [0.4, 0.5) is 4.79 Å². The van der Waals surface area contributed by atoms with Gasteiger partial charge < -0.3 is 20.1 Å². The maximum atomic E-state index is 13.1. The summed E-state index contributed by atoms with van der Waals surface area (Å²) in [6.45, 7) is 3.79. The molecule has 0 saturated heterocycles. The standard InChI is InChI=1S/C21H30N2O5/c1-15(2)17(18(24)27-3)22-19(25)21(12-8-5-9-13-21)23-20(26)28-14-16-10-6-4-7-11-16/h4,6-7,10-11,15,17H,5,8-9,12-14H2,1-3H3,(H,22,25)(H,23,26)/t17-/m0/s1. The van der Waals surface area contributed by atoms with Crippen LogP contribution in [0, 0.1) is 5.92 Å². The van der Waals surface area contributed by atoms with Crippen LogP contribution in [0.3, 0.4) is 0 Å². The van der Waals surface area contributed by atoms with Crippen LogP contribution in [-0.2, 0) is 25.7 Å². The van der Waals surface area contributed by atoms with Crippen LogP contribution in [0.5, 0.6) is 0 Å². The number of esters is 1. The molecule has 2 N–H and O–H groups in total. The van der Waals surface area contributed by atoms with Crippen molar-refractivity contribution < 1.29 is 23.9 Å². The number of amides is 2. The van der Waals surface area contributed by atoms with Crippen molar-refractivity contribution >= 4 is 18.0 Å². The van der Waals surface area contributed by atoms with Gasteiger partial charge in [-0.25, -0.2) is 9.59 Å². The van der Waals surface area contributed by atoms with Crippen LogP contribution in [0.15, 0.2) is 30.3 Å². The van der Waals surface area contributed by atoms with E-state index >= 15 is 0 Å². The lowest BCUT2D eigenvalue weighted by atomic mass is 9.80. The van der Waals surface area contributed by atoms with Gasteiger partial charge in [0.05, 0.1) is 7.11 Å². The van der Waals surface area contributed by atoms with Crippen molar-refractivity contribution in [3.05, 3.63) is 35.9 Å². The van der Waals surface area contributed by atoms with E-state index in [1.54, 1.807) is 0 Å². The topological polar surface area (TPSA) is 93.7 Å². The van der Waals surface area contributed by atoms with Crippen LogP contribution in [0.2, 0.25) is 0 Å². The Bertz CT molecular complexity index is 669. The highest BCUT2D eigenvalue weighted by molar-refractivity contribution is 5.93. The van der Waals surface area contributed by atoms with Crippen LogP contribution >= 0.6 is 0 Å². The molecule has 2 rings (SSSR count). The molecule has 1 aliphatic carbocycles. The van der Waals surface area contributed by atoms with E-state index in [1.807, 2.05) is 44.2 Å². The second-order valence-electron chi connectivity index (χ2n) is 7.55. The molecule has 1 aliphatic rings. The van der Waals surface area contributed by atoms with Crippen molar-refractivity contribution in [3.8, 4) is 0 Å². The highest BCUT2D eigenvalue weighted by Gasteiger charge is 2.43.